The first-order valence-corrected chi connectivity index (χ1v) is 7.95. The molecule has 10 heteroatoms. The lowest BCUT2D eigenvalue weighted by Crippen LogP contribution is -2.29. The summed E-state index contributed by atoms with van der Waals surface area (Å²) in [6.07, 6.45) is 5.07. The number of aromatic nitrogens is 2. The molecule has 1 heterocycles. The Balaban J connectivity index is 2.01. The van der Waals surface area contributed by atoms with Crippen molar-refractivity contribution in [3.8, 4) is 0 Å². The second kappa shape index (κ2) is 8.39. The highest BCUT2D eigenvalue weighted by atomic mass is 16.6. The van der Waals surface area contributed by atoms with Gasteiger partial charge in [-0.2, -0.15) is 4.98 Å². The van der Waals surface area contributed by atoms with Crippen LogP contribution in [0.1, 0.15) is 25.7 Å². The van der Waals surface area contributed by atoms with Crippen LogP contribution in [-0.2, 0) is 4.79 Å². The number of amides is 1. The summed E-state index contributed by atoms with van der Waals surface area (Å²) in [7, 11) is 1.52. The van der Waals surface area contributed by atoms with Gasteiger partial charge in [-0.1, -0.05) is 0 Å². The predicted molar refractivity (Wildman–Crippen MR) is 89.7 cm³/mol. The van der Waals surface area contributed by atoms with Crippen molar-refractivity contribution in [1.82, 2.24) is 15.3 Å². The summed E-state index contributed by atoms with van der Waals surface area (Å²) in [6.45, 7) is 0.591. The van der Waals surface area contributed by atoms with Crippen molar-refractivity contribution in [3.05, 3.63) is 16.3 Å². The predicted octanol–water partition coefficient (Wildman–Crippen LogP) is 0.472. The number of carbonyl (C=O) groups is 1. The van der Waals surface area contributed by atoms with Crippen LogP contribution in [0.25, 0.3) is 0 Å². The van der Waals surface area contributed by atoms with Gasteiger partial charge in [0.05, 0.1) is 11.5 Å². The largest absolute Gasteiger partial charge is 0.364 e. The highest BCUT2D eigenvalue weighted by Gasteiger charge is 2.21. The lowest BCUT2D eigenvalue weighted by atomic mass is 9.86. The Labute approximate surface area is 139 Å². The van der Waals surface area contributed by atoms with Crippen molar-refractivity contribution in [2.24, 2.45) is 11.7 Å². The minimum absolute atomic E-state index is 0.00569. The fourth-order valence-corrected chi connectivity index (χ4v) is 2.61. The molecule has 5 N–H and O–H groups in total. The topological polar surface area (TPSA) is 148 Å². The number of likely N-dealkylation sites (N-methyl/N-ethyl adjacent to an activating group) is 1. The van der Waals surface area contributed by atoms with E-state index in [0.717, 1.165) is 31.9 Å². The number of anilines is 2. The van der Waals surface area contributed by atoms with E-state index >= 15 is 0 Å². The fraction of sp³-hybridized carbons (Fsp3) is 0.643. The first-order chi connectivity index (χ1) is 11.5. The van der Waals surface area contributed by atoms with E-state index < -0.39 is 4.92 Å². The SMILES string of the molecule is CNC(=O)CNc1ncc([N+](=O)[O-])c(NCC2CCC(N)CC2)n1. The van der Waals surface area contributed by atoms with Crippen LogP contribution in [0.15, 0.2) is 6.20 Å². The number of nitrogens with two attached hydrogens (primary N) is 1. The van der Waals surface area contributed by atoms with Gasteiger partial charge in [0.2, 0.25) is 17.7 Å². The average molecular weight is 337 g/mol. The molecule has 2 rings (SSSR count). The zero-order chi connectivity index (χ0) is 17.5. The second-order valence-corrected chi connectivity index (χ2v) is 5.87. The molecule has 1 aromatic heterocycles. The minimum atomic E-state index is -0.526. The van der Waals surface area contributed by atoms with Crippen molar-refractivity contribution in [1.29, 1.82) is 0 Å². The number of hydrogen-bond donors (Lipinski definition) is 4. The molecule has 24 heavy (non-hydrogen) atoms. The minimum Gasteiger partial charge on any atom is -0.364 e. The van der Waals surface area contributed by atoms with Crippen molar-refractivity contribution >= 4 is 23.4 Å². The second-order valence-electron chi connectivity index (χ2n) is 5.87. The quantitative estimate of drug-likeness (QED) is 0.414. The van der Waals surface area contributed by atoms with E-state index in [4.69, 9.17) is 5.73 Å². The van der Waals surface area contributed by atoms with Gasteiger partial charge in [-0.25, -0.2) is 4.98 Å². The van der Waals surface area contributed by atoms with Crippen LogP contribution in [0.3, 0.4) is 0 Å². The van der Waals surface area contributed by atoms with Crippen LogP contribution in [0.5, 0.6) is 0 Å². The molecule has 1 aromatic rings. The summed E-state index contributed by atoms with van der Waals surface area (Å²) in [5.41, 5.74) is 5.70. The highest BCUT2D eigenvalue weighted by Crippen LogP contribution is 2.26. The highest BCUT2D eigenvalue weighted by molar-refractivity contribution is 5.79. The van der Waals surface area contributed by atoms with Gasteiger partial charge in [-0.3, -0.25) is 14.9 Å². The number of rotatable bonds is 7. The Bertz CT molecular complexity index is 588. The summed E-state index contributed by atoms with van der Waals surface area (Å²) in [4.78, 5) is 29.8. The van der Waals surface area contributed by atoms with Crippen LogP contribution in [0.2, 0.25) is 0 Å². The molecule has 1 fully saturated rings. The maximum atomic E-state index is 11.2. The van der Waals surface area contributed by atoms with Crippen molar-refractivity contribution < 1.29 is 9.72 Å². The van der Waals surface area contributed by atoms with E-state index in [1.165, 1.54) is 7.05 Å². The van der Waals surface area contributed by atoms with E-state index in [1.54, 1.807) is 0 Å². The molecule has 0 radical (unpaired) electrons. The summed E-state index contributed by atoms with van der Waals surface area (Å²) in [5, 5.41) is 19.4. The zero-order valence-electron chi connectivity index (χ0n) is 13.6. The number of nitrogens with one attached hydrogen (secondary N) is 3. The number of carbonyl (C=O) groups excluding carboxylic acids is 1. The van der Waals surface area contributed by atoms with E-state index in [1.807, 2.05) is 0 Å². The third-order valence-electron chi connectivity index (χ3n) is 4.10. The normalized spacial score (nSPS) is 20.2. The molecule has 0 unspecified atom stereocenters. The molecule has 0 saturated heterocycles. The van der Waals surface area contributed by atoms with E-state index in [9.17, 15) is 14.9 Å². The molecule has 0 aliphatic heterocycles. The van der Waals surface area contributed by atoms with E-state index in [0.29, 0.717) is 12.5 Å². The van der Waals surface area contributed by atoms with Gasteiger partial charge >= 0.3 is 5.69 Å². The maximum Gasteiger partial charge on any atom is 0.329 e. The van der Waals surface area contributed by atoms with Crippen molar-refractivity contribution in [2.45, 2.75) is 31.7 Å². The number of hydrogen-bond acceptors (Lipinski definition) is 8. The molecule has 132 valence electrons. The van der Waals surface area contributed by atoms with Crippen LogP contribution in [-0.4, -0.2) is 47.0 Å². The molecular formula is C14H23N7O3. The molecule has 0 spiro atoms. The Morgan fingerprint density at radius 2 is 2.08 bits per heavy atom. The van der Waals surface area contributed by atoms with Gasteiger partial charge in [0.25, 0.3) is 0 Å². The maximum absolute atomic E-state index is 11.2. The van der Waals surface area contributed by atoms with Crippen molar-refractivity contribution in [3.63, 3.8) is 0 Å². The molecule has 1 aliphatic rings. The summed E-state index contributed by atoms with van der Waals surface area (Å²) >= 11 is 0. The van der Waals surface area contributed by atoms with Crippen LogP contribution >= 0.6 is 0 Å². The van der Waals surface area contributed by atoms with Crippen LogP contribution in [0, 0.1) is 16.0 Å². The van der Waals surface area contributed by atoms with Crippen LogP contribution in [0.4, 0.5) is 17.5 Å². The molecule has 0 bridgehead atoms. The Morgan fingerprint density at radius 3 is 2.71 bits per heavy atom. The lowest BCUT2D eigenvalue weighted by molar-refractivity contribution is -0.384. The Morgan fingerprint density at radius 1 is 1.38 bits per heavy atom. The molecule has 1 aliphatic carbocycles. The van der Waals surface area contributed by atoms with E-state index in [2.05, 4.69) is 25.9 Å². The Hall–Kier alpha value is -2.49. The fourth-order valence-electron chi connectivity index (χ4n) is 2.61. The Kier molecular flexibility index (Phi) is 6.24. The molecule has 1 amide bonds. The van der Waals surface area contributed by atoms with Gasteiger partial charge in [0, 0.05) is 19.6 Å². The summed E-state index contributed by atoms with van der Waals surface area (Å²) < 4.78 is 0. The number of nitro groups is 1. The summed E-state index contributed by atoms with van der Waals surface area (Å²) in [6, 6.07) is 0.259. The molecule has 0 atom stereocenters. The molecule has 10 nitrogen and oxygen atoms in total. The van der Waals surface area contributed by atoms with Crippen LogP contribution < -0.4 is 21.7 Å². The molecular weight excluding hydrogens is 314 g/mol. The lowest BCUT2D eigenvalue weighted by Gasteiger charge is -2.26. The van der Waals surface area contributed by atoms with Crippen molar-refractivity contribution in [2.75, 3.05) is 30.8 Å². The third kappa shape index (κ3) is 5.01. The third-order valence-corrected chi connectivity index (χ3v) is 4.10. The van der Waals surface area contributed by atoms with Gasteiger partial charge < -0.3 is 21.7 Å². The average Bonchev–Trinajstić information content (AvgIpc) is 2.59. The first kappa shape index (κ1) is 17.9. The van der Waals surface area contributed by atoms with Gasteiger partial charge in [-0.15, -0.1) is 0 Å². The standard InChI is InChI=1S/C14H23N7O3/c1-16-12(22)8-19-14-18-7-11(21(23)24)13(20-14)17-6-9-2-4-10(15)5-3-9/h7,9-10H,2-6,8,15H2,1H3,(H,16,22)(H2,17,18,19,20). The first-order valence-electron chi connectivity index (χ1n) is 7.95. The summed E-state index contributed by atoms with van der Waals surface area (Å²) in [5.74, 6) is 0.508. The molecule has 0 aromatic carbocycles. The van der Waals surface area contributed by atoms with Gasteiger partial charge in [0.1, 0.15) is 6.20 Å². The van der Waals surface area contributed by atoms with Gasteiger partial charge in [-0.05, 0) is 31.6 Å². The van der Waals surface area contributed by atoms with E-state index in [-0.39, 0.29) is 35.9 Å². The monoisotopic (exact) mass is 337 g/mol. The van der Waals surface area contributed by atoms with Gasteiger partial charge in [0.15, 0.2) is 0 Å². The smallest absolute Gasteiger partial charge is 0.329 e. The molecule has 1 saturated carbocycles. The number of nitrogens with zero attached hydrogens (tertiary/aromatic N) is 3. The zero-order valence-corrected chi connectivity index (χ0v) is 13.6.